The van der Waals surface area contributed by atoms with Crippen LogP contribution < -0.4 is 10.6 Å². The van der Waals surface area contributed by atoms with Gasteiger partial charge in [-0.2, -0.15) is 0 Å². The average Bonchev–Trinajstić information content (AvgIpc) is 2.79. The molecular formula is C19H30N4O2. The SMILES string of the molecule is CN(C)CC(C)(C)NC(=O)NC[C@@H]1CC(=O)N(C)[C@H]1c1ccccc1. The van der Waals surface area contributed by atoms with Gasteiger partial charge < -0.3 is 20.4 Å². The van der Waals surface area contributed by atoms with E-state index in [0.29, 0.717) is 13.0 Å². The molecule has 0 aromatic heterocycles. The van der Waals surface area contributed by atoms with E-state index < -0.39 is 0 Å². The van der Waals surface area contributed by atoms with Crippen molar-refractivity contribution in [2.24, 2.45) is 5.92 Å². The van der Waals surface area contributed by atoms with Crippen molar-refractivity contribution < 1.29 is 9.59 Å². The molecule has 2 atom stereocenters. The van der Waals surface area contributed by atoms with Crippen molar-refractivity contribution in [3.8, 4) is 0 Å². The molecule has 1 aromatic carbocycles. The Balaban J connectivity index is 1.97. The lowest BCUT2D eigenvalue weighted by Crippen LogP contribution is -2.53. The lowest BCUT2D eigenvalue weighted by Gasteiger charge is -2.30. The maximum atomic E-state index is 12.3. The van der Waals surface area contributed by atoms with Crippen molar-refractivity contribution in [1.29, 1.82) is 0 Å². The summed E-state index contributed by atoms with van der Waals surface area (Å²) < 4.78 is 0. The first-order chi connectivity index (χ1) is 11.7. The fourth-order valence-corrected chi connectivity index (χ4v) is 3.69. The van der Waals surface area contributed by atoms with Gasteiger partial charge in [0, 0.05) is 38.0 Å². The highest BCUT2D eigenvalue weighted by Crippen LogP contribution is 2.36. The largest absolute Gasteiger partial charge is 0.338 e. The standard InChI is InChI=1S/C19H30N4O2/c1-19(2,13-22(3)4)21-18(25)20-12-15-11-16(24)23(5)17(15)14-9-7-6-8-10-14/h6-10,15,17H,11-13H2,1-5H3,(H2,20,21,25)/t15-,17-/m0/s1. The monoisotopic (exact) mass is 346 g/mol. The second kappa shape index (κ2) is 7.87. The van der Waals surface area contributed by atoms with Gasteiger partial charge in [-0.3, -0.25) is 4.79 Å². The molecular weight excluding hydrogens is 316 g/mol. The molecule has 0 unspecified atom stereocenters. The number of rotatable bonds is 6. The van der Waals surface area contributed by atoms with Crippen molar-refractivity contribution >= 4 is 11.9 Å². The molecule has 1 heterocycles. The number of amides is 3. The zero-order valence-corrected chi connectivity index (χ0v) is 15.9. The summed E-state index contributed by atoms with van der Waals surface area (Å²) in [5.41, 5.74) is 0.783. The van der Waals surface area contributed by atoms with Gasteiger partial charge in [0.15, 0.2) is 0 Å². The fourth-order valence-electron chi connectivity index (χ4n) is 3.69. The lowest BCUT2D eigenvalue weighted by molar-refractivity contribution is -0.127. The molecule has 2 rings (SSSR count). The molecule has 1 aliphatic rings. The zero-order valence-electron chi connectivity index (χ0n) is 15.9. The van der Waals surface area contributed by atoms with E-state index in [1.807, 2.05) is 70.2 Å². The number of nitrogens with zero attached hydrogens (tertiary/aromatic N) is 2. The third-order valence-electron chi connectivity index (χ3n) is 4.52. The summed E-state index contributed by atoms with van der Waals surface area (Å²) in [5, 5.41) is 5.95. The molecule has 0 radical (unpaired) electrons. The molecule has 2 N–H and O–H groups in total. The number of urea groups is 1. The van der Waals surface area contributed by atoms with Gasteiger partial charge in [-0.15, -0.1) is 0 Å². The van der Waals surface area contributed by atoms with Gasteiger partial charge in [0.2, 0.25) is 5.91 Å². The Bertz CT molecular complexity index is 601. The van der Waals surface area contributed by atoms with Crippen LogP contribution in [0, 0.1) is 5.92 Å². The summed E-state index contributed by atoms with van der Waals surface area (Å²) in [6.07, 6.45) is 0.456. The summed E-state index contributed by atoms with van der Waals surface area (Å²) >= 11 is 0. The van der Waals surface area contributed by atoms with E-state index in [1.54, 1.807) is 4.90 Å². The molecule has 0 aliphatic carbocycles. The summed E-state index contributed by atoms with van der Waals surface area (Å²) in [5.74, 6) is 0.191. The third kappa shape index (κ3) is 5.19. The van der Waals surface area contributed by atoms with Crippen LogP contribution in [0.4, 0.5) is 4.79 Å². The topological polar surface area (TPSA) is 64.7 Å². The molecule has 6 heteroatoms. The molecule has 3 amide bonds. The number of nitrogens with one attached hydrogen (secondary N) is 2. The van der Waals surface area contributed by atoms with Crippen molar-refractivity contribution in [2.75, 3.05) is 34.2 Å². The van der Waals surface area contributed by atoms with Gasteiger partial charge in [0.05, 0.1) is 6.04 Å². The van der Waals surface area contributed by atoms with Crippen LogP contribution in [0.3, 0.4) is 0 Å². The van der Waals surface area contributed by atoms with Crippen molar-refractivity contribution in [3.05, 3.63) is 35.9 Å². The van der Waals surface area contributed by atoms with Crippen LogP contribution in [0.15, 0.2) is 30.3 Å². The van der Waals surface area contributed by atoms with Crippen LogP contribution in [0.5, 0.6) is 0 Å². The van der Waals surface area contributed by atoms with Gasteiger partial charge in [0.25, 0.3) is 0 Å². The van der Waals surface area contributed by atoms with E-state index in [-0.39, 0.29) is 29.4 Å². The average molecular weight is 346 g/mol. The summed E-state index contributed by atoms with van der Waals surface area (Å²) in [6, 6.07) is 9.80. The van der Waals surface area contributed by atoms with Crippen LogP contribution in [0.1, 0.15) is 31.9 Å². The number of hydrogen-bond acceptors (Lipinski definition) is 3. The van der Waals surface area contributed by atoms with Gasteiger partial charge >= 0.3 is 6.03 Å². The smallest absolute Gasteiger partial charge is 0.315 e. The Morgan fingerprint density at radius 2 is 1.92 bits per heavy atom. The quantitative estimate of drug-likeness (QED) is 0.826. The van der Waals surface area contributed by atoms with Crippen LogP contribution >= 0.6 is 0 Å². The van der Waals surface area contributed by atoms with Crippen LogP contribution in [-0.2, 0) is 4.79 Å². The van der Waals surface area contributed by atoms with Gasteiger partial charge in [-0.25, -0.2) is 4.79 Å². The predicted octanol–water partition coefficient (Wildman–Crippen LogP) is 1.85. The molecule has 1 aromatic rings. The molecule has 1 aliphatic heterocycles. The molecule has 1 fully saturated rings. The normalized spacial score (nSPS) is 20.9. The molecule has 0 spiro atoms. The summed E-state index contributed by atoms with van der Waals surface area (Å²) in [6.45, 7) is 5.20. The lowest BCUT2D eigenvalue weighted by atomic mass is 9.93. The van der Waals surface area contributed by atoms with Crippen LogP contribution in [0.25, 0.3) is 0 Å². The fraction of sp³-hybridized carbons (Fsp3) is 0.579. The summed E-state index contributed by atoms with van der Waals surface area (Å²) in [7, 11) is 5.79. The number of carbonyl (C=O) groups excluding carboxylic acids is 2. The molecule has 1 saturated heterocycles. The Hall–Kier alpha value is -2.08. The van der Waals surface area contributed by atoms with E-state index in [9.17, 15) is 9.59 Å². The predicted molar refractivity (Wildman–Crippen MR) is 99.2 cm³/mol. The van der Waals surface area contributed by atoms with Crippen molar-refractivity contribution in [2.45, 2.75) is 31.8 Å². The van der Waals surface area contributed by atoms with E-state index in [1.165, 1.54) is 0 Å². The molecule has 25 heavy (non-hydrogen) atoms. The highest BCUT2D eigenvalue weighted by Gasteiger charge is 2.38. The Morgan fingerprint density at radius 3 is 2.52 bits per heavy atom. The van der Waals surface area contributed by atoms with E-state index >= 15 is 0 Å². The van der Waals surface area contributed by atoms with Crippen LogP contribution in [-0.4, -0.2) is 61.5 Å². The van der Waals surface area contributed by atoms with Crippen LogP contribution in [0.2, 0.25) is 0 Å². The highest BCUT2D eigenvalue weighted by atomic mass is 16.2. The Kier molecular flexibility index (Phi) is 6.06. The van der Waals surface area contributed by atoms with Gasteiger partial charge in [0.1, 0.15) is 0 Å². The minimum absolute atomic E-state index is 0.00350. The molecule has 0 saturated carbocycles. The number of likely N-dealkylation sites (N-methyl/N-ethyl adjacent to an activating group) is 1. The Morgan fingerprint density at radius 1 is 1.28 bits per heavy atom. The second-order valence-corrected chi connectivity index (χ2v) is 7.78. The van der Waals surface area contributed by atoms with Crippen molar-refractivity contribution in [3.63, 3.8) is 0 Å². The minimum atomic E-state index is -0.325. The first-order valence-corrected chi connectivity index (χ1v) is 8.71. The first-order valence-electron chi connectivity index (χ1n) is 8.71. The number of benzene rings is 1. The van der Waals surface area contributed by atoms with E-state index in [2.05, 4.69) is 10.6 Å². The highest BCUT2D eigenvalue weighted by molar-refractivity contribution is 5.80. The van der Waals surface area contributed by atoms with Gasteiger partial charge in [-0.05, 0) is 33.5 Å². The number of carbonyl (C=O) groups is 2. The first kappa shape index (κ1) is 19.2. The van der Waals surface area contributed by atoms with E-state index in [0.717, 1.165) is 12.1 Å². The number of likely N-dealkylation sites (tertiary alicyclic amines) is 1. The second-order valence-electron chi connectivity index (χ2n) is 7.78. The maximum Gasteiger partial charge on any atom is 0.315 e. The Labute approximate surface area is 150 Å². The molecule has 0 bridgehead atoms. The number of hydrogen-bond donors (Lipinski definition) is 2. The van der Waals surface area contributed by atoms with Gasteiger partial charge in [-0.1, -0.05) is 30.3 Å². The molecule has 6 nitrogen and oxygen atoms in total. The zero-order chi connectivity index (χ0) is 18.6. The minimum Gasteiger partial charge on any atom is -0.338 e. The third-order valence-corrected chi connectivity index (χ3v) is 4.52. The van der Waals surface area contributed by atoms with E-state index in [4.69, 9.17) is 0 Å². The van der Waals surface area contributed by atoms with Crippen molar-refractivity contribution in [1.82, 2.24) is 20.4 Å². The molecule has 138 valence electrons. The maximum absolute atomic E-state index is 12.3. The summed E-state index contributed by atoms with van der Waals surface area (Å²) in [4.78, 5) is 28.2.